The Bertz CT molecular complexity index is 2500. The van der Waals surface area contributed by atoms with Gasteiger partial charge in [0.05, 0.1) is 5.56 Å². The molecule has 0 N–H and O–H groups in total. The molecule has 0 aliphatic heterocycles. The molecule has 0 radical (unpaired) electrons. The highest BCUT2D eigenvalue weighted by Gasteiger charge is 2.19. The summed E-state index contributed by atoms with van der Waals surface area (Å²) in [5.74, 6) is 1.86. The fourth-order valence-electron chi connectivity index (χ4n) is 6.04. The van der Waals surface area contributed by atoms with E-state index in [2.05, 4.69) is 97.1 Å². The normalized spacial score (nSPS) is 11.6. The second kappa shape index (κ2) is 9.97. The Morgan fingerprint density at radius 3 is 1.89 bits per heavy atom. The standard InChI is InChI=1S/C39H23N3OS/c1-3-11-24(12-4-1)26-21-22-27-29-16-9-18-31(35(29)43-33(27)23-26)38-40-37(25-13-5-2-6-14-25)41-39(42-38)32-19-10-17-30-28-15-7-8-20-34(28)44-36(30)32/h1-23H. The van der Waals surface area contributed by atoms with Gasteiger partial charge in [-0.05, 0) is 41.5 Å². The minimum Gasteiger partial charge on any atom is -0.455 e. The second-order valence-electron chi connectivity index (χ2n) is 10.8. The molecule has 0 aliphatic carbocycles. The first-order valence-corrected chi connectivity index (χ1v) is 15.3. The molecule has 9 aromatic rings. The van der Waals surface area contributed by atoms with Crippen LogP contribution in [0, 0.1) is 0 Å². The molecule has 4 nitrogen and oxygen atoms in total. The number of hydrogen-bond acceptors (Lipinski definition) is 5. The molecular weight excluding hydrogens is 559 g/mol. The highest BCUT2D eigenvalue weighted by molar-refractivity contribution is 7.26. The summed E-state index contributed by atoms with van der Waals surface area (Å²) in [4.78, 5) is 15.2. The number of furan rings is 1. The van der Waals surface area contributed by atoms with Crippen molar-refractivity contribution < 1.29 is 4.42 Å². The van der Waals surface area contributed by atoms with Gasteiger partial charge in [-0.15, -0.1) is 11.3 Å². The largest absolute Gasteiger partial charge is 0.455 e. The molecule has 206 valence electrons. The monoisotopic (exact) mass is 581 g/mol. The molecule has 44 heavy (non-hydrogen) atoms. The third kappa shape index (κ3) is 4.02. The smallest absolute Gasteiger partial charge is 0.167 e. The summed E-state index contributed by atoms with van der Waals surface area (Å²) >= 11 is 1.77. The van der Waals surface area contributed by atoms with Crippen molar-refractivity contribution in [3.63, 3.8) is 0 Å². The summed E-state index contributed by atoms with van der Waals surface area (Å²) < 4.78 is 9.01. The lowest BCUT2D eigenvalue weighted by molar-refractivity contribution is 0.669. The van der Waals surface area contributed by atoms with Crippen molar-refractivity contribution in [3.05, 3.63) is 140 Å². The van der Waals surface area contributed by atoms with Crippen LogP contribution in [0.25, 0.3) is 87.4 Å². The molecule has 0 atom stereocenters. The molecule has 5 heteroatoms. The van der Waals surface area contributed by atoms with Crippen molar-refractivity contribution in [2.24, 2.45) is 0 Å². The van der Waals surface area contributed by atoms with Gasteiger partial charge in [0.2, 0.25) is 0 Å². The number of nitrogens with zero attached hydrogens (tertiary/aromatic N) is 3. The Kier molecular flexibility index (Phi) is 5.64. The summed E-state index contributed by atoms with van der Waals surface area (Å²) in [7, 11) is 0. The predicted octanol–water partition coefficient (Wildman–Crippen LogP) is 10.8. The van der Waals surface area contributed by atoms with E-state index in [1.54, 1.807) is 11.3 Å². The van der Waals surface area contributed by atoms with Crippen LogP contribution in [-0.2, 0) is 0 Å². The van der Waals surface area contributed by atoms with E-state index in [1.807, 2.05) is 42.5 Å². The van der Waals surface area contributed by atoms with Crippen LogP contribution in [0.4, 0.5) is 0 Å². The molecule has 0 saturated carbocycles. The lowest BCUT2D eigenvalue weighted by atomic mass is 10.0. The fraction of sp³-hybridized carbons (Fsp3) is 0. The molecule has 0 fully saturated rings. The molecule has 0 spiro atoms. The molecule has 0 saturated heterocycles. The summed E-state index contributed by atoms with van der Waals surface area (Å²) in [6.07, 6.45) is 0. The Morgan fingerprint density at radius 2 is 1.07 bits per heavy atom. The van der Waals surface area contributed by atoms with Gasteiger partial charge in [-0.2, -0.15) is 0 Å². The zero-order valence-corrected chi connectivity index (χ0v) is 24.3. The summed E-state index contributed by atoms with van der Waals surface area (Å²) in [6, 6.07) is 48.0. The predicted molar refractivity (Wildman–Crippen MR) is 182 cm³/mol. The van der Waals surface area contributed by atoms with E-state index in [4.69, 9.17) is 19.4 Å². The third-order valence-electron chi connectivity index (χ3n) is 8.16. The average molecular weight is 582 g/mol. The van der Waals surface area contributed by atoms with Crippen molar-refractivity contribution in [1.29, 1.82) is 0 Å². The van der Waals surface area contributed by atoms with Crippen molar-refractivity contribution in [3.8, 4) is 45.3 Å². The van der Waals surface area contributed by atoms with Crippen molar-refractivity contribution in [2.45, 2.75) is 0 Å². The van der Waals surface area contributed by atoms with Gasteiger partial charge in [-0.1, -0.05) is 109 Å². The van der Waals surface area contributed by atoms with E-state index in [1.165, 1.54) is 20.2 Å². The number of hydrogen-bond donors (Lipinski definition) is 0. The molecule has 3 heterocycles. The van der Waals surface area contributed by atoms with Crippen LogP contribution in [0.2, 0.25) is 0 Å². The van der Waals surface area contributed by atoms with Gasteiger partial charge in [0.15, 0.2) is 17.5 Å². The Morgan fingerprint density at radius 1 is 0.432 bits per heavy atom. The first-order valence-electron chi connectivity index (χ1n) is 14.5. The Labute approximate surface area is 256 Å². The van der Waals surface area contributed by atoms with Crippen molar-refractivity contribution in [2.75, 3.05) is 0 Å². The van der Waals surface area contributed by atoms with E-state index < -0.39 is 0 Å². The maximum Gasteiger partial charge on any atom is 0.167 e. The lowest BCUT2D eigenvalue weighted by Gasteiger charge is -2.09. The van der Waals surface area contributed by atoms with E-state index in [0.717, 1.165) is 49.8 Å². The minimum absolute atomic E-state index is 0.583. The highest BCUT2D eigenvalue weighted by Crippen LogP contribution is 2.41. The van der Waals surface area contributed by atoms with E-state index in [9.17, 15) is 0 Å². The molecular formula is C39H23N3OS. The van der Waals surface area contributed by atoms with Crippen LogP contribution in [0.1, 0.15) is 0 Å². The maximum absolute atomic E-state index is 6.60. The fourth-order valence-corrected chi connectivity index (χ4v) is 7.25. The SMILES string of the molecule is c1ccc(-c2ccc3c(c2)oc2c(-c4nc(-c5ccccc5)nc(-c5cccc6c5sc5ccccc56)n4)cccc23)cc1. The lowest BCUT2D eigenvalue weighted by Crippen LogP contribution is -2.00. The summed E-state index contributed by atoms with van der Waals surface area (Å²) in [5, 5.41) is 4.55. The van der Waals surface area contributed by atoms with Crippen LogP contribution < -0.4 is 0 Å². The molecule has 0 amide bonds. The quantitative estimate of drug-likeness (QED) is 0.207. The Balaban J connectivity index is 1.28. The number of aromatic nitrogens is 3. The number of rotatable bonds is 4. The molecule has 3 aromatic heterocycles. The molecule has 9 rings (SSSR count). The molecule has 0 unspecified atom stereocenters. The maximum atomic E-state index is 6.60. The van der Waals surface area contributed by atoms with Crippen LogP contribution in [0.15, 0.2) is 144 Å². The van der Waals surface area contributed by atoms with Gasteiger partial charge in [0.25, 0.3) is 0 Å². The van der Waals surface area contributed by atoms with Gasteiger partial charge in [-0.3, -0.25) is 0 Å². The summed E-state index contributed by atoms with van der Waals surface area (Å²) in [5.41, 5.74) is 6.64. The Hall–Kier alpha value is -5.65. The zero-order valence-electron chi connectivity index (χ0n) is 23.4. The summed E-state index contributed by atoms with van der Waals surface area (Å²) in [6.45, 7) is 0. The topological polar surface area (TPSA) is 51.8 Å². The van der Waals surface area contributed by atoms with Gasteiger partial charge in [0.1, 0.15) is 11.2 Å². The van der Waals surface area contributed by atoms with E-state index >= 15 is 0 Å². The van der Waals surface area contributed by atoms with Crippen molar-refractivity contribution in [1.82, 2.24) is 15.0 Å². The number of benzene rings is 6. The minimum atomic E-state index is 0.583. The zero-order chi connectivity index (χ0) is 29.0. The number of fused-ring (bicyclic) bond motifs is 6. The van der Waals surface area contributed by atoms with Crippen molar-refractivity contribution >= 4 is 53.4 Å². The second-order valence-corrected chi connectivity index (χ2v) is 11.9. The molecule has 0 aliphatic rings. The van der Waals surface area contributed by atoms with Crippen LogP contribution in [0.3, 0.4) is 0 Å². The number of thiophene rings is 1. The van der Waals surface area contributed by atoms with Gasteiger partial charge >= 0.3 is 0 Å². The average Bonchev–Trinajstić information content (AvgIpc) is 3.67. The van der Waals surface area contributed by atoms with Crippen LogP contribution >= 0.6 is 11.3 Å². The molecule has 0 bridgehead atoms. The highest BCUT2D eigenvalue weighted by atomic mass is 32.1. The van der Waals surface area contributed by atoms with Crippen LogP contribution in [0.5, 0.6) is 0 Å². The first kappa shape index (κ1) is 24.9. The van der Waals surface area contributed by atoms with Gasteiger partial charge in [0, 0.05) is 42.1 Å². The third-order valence-corrected chi connectivity index (χ3v) is 9.38. The molecule has 6 aromatic carbocycles. The van der Waals surface area contributed by atoms with Crippen LogP contribution in [-0.4, -0.2) is 15.0 Å². The van der Waals surface area contributed by atoms with Gasteiger partial charge < -0.3 is 4.42 Å². The number of para-hydroxylation sites is 1. The van der Waals surface area contributed by atoms with Gasteiger partial charge in [-0.25, -0.2) is 15.0 Å². The van der Waals surface area contributed by atoms with E-state index in [0.29, 0.717) is 17.5 Å². The first-order chi connectivity index (χ1) is 21.8. The van der Waals surface area contributed by atoms with E-state index in [-0.39, 0.29) is 0 Å².